The van der Waals surface area contributed by atoms with Crippen molar-refractivity contribution in [2.45, 2.75) is 23.9 Å². The molecule has 1 saturated heterocycles. The number of nitrogens with zero attached hydrogens (tertiary/aromatic N) is 1. The summed E-state index contributed by atoms with van der Waals surface area (Å²) in [6, 6.07) is 7.15. The van der Waals surface area contributed by atoms with Gasteiger partial charge in [0.15, 0.2) is 14.5 Å². The average molecular weight is 452 g/mol. The Hall–Kier alpha value is -1.23. The van der Waals surface area contributed by atoms with Crippen LogP contribution in [0.4, 0.5) is 4.39 Å². The summed E-state index contributed by atoms with van der Waals surface area (Å²) in [6.07, 6.45) is 0.193. The van der Waals surface area contributed by atoms with E-state index < -0.39 is 31.7 Å². The van der Waals surface area contributed by atoms with E-state index in [4.69, 9.17) is 4.42 Å². The largest absolute Gasteiger partial charge is 0.453 e. The second-order valence-corrected chi connectivity index (χ2v) is 10.7. The average Bonchev–Trinajstić information content (AvgIpc) is 3.10. The fraction of sp³-hybridized carbons (Fsp3) is 0.333. The molecule has 1 aliphatic rings. The van der Waals surface area contributed by atoms with Crippen LogP contribution in [-0.2, 0) is 26.4 Å². The summed E-state index contributed by atoms with van der Waals surface area (Å²) in [4.78, 5) is -0.220. The molecule has 1 atom stereocenters. The zero-order valence-electron chi connectivity index (χ0n) is 12.9. The standard InChI is InChI=1S/C15H15BrFNO5S2/c16-15-5-4-13(23-15)9-18(12-6-7-24(19,20)10-12)25(21,22)14-3-1-2-11(17)8-14/h1-5,8,12H,6-7,9-10H2. The Bertz CT molecular complexity index is 987. The molecule has 0 N–H and O–H groups in total. The minimum atomic E-state index is -4.09. The molecule has 0 aliphatic carbocycles. The summed E-state index contributed by atoms with van der Waals surface area (Å²) < 4.78 is 70.0. The zero-order chi connectivity index (χ0) is 18.2. The van der Waals surface area contributed by atoms with E-state index in [1.807, 2.05) is 0 Å². The van der Waals surface area contributed by atoms with Crippen molar-refractivity contribution in [1.29, 1.82) is 0 Å². The predicted octanol–water partition coefficient (Wildman–Crippen LogP) is 2.56. The number of benzene rings is 1. The quantitative estimate of drug-likeness (QED) is 0.697. The zero-order valence-corrected chi connectivity index (χ0v) is 16.1. The molecular formula is C15H15BrFNO5S2. The minimum Gasteiger partial charge on any atom is -0.453 e. The molecule has 0 radical (unpaired) electrons. The van der Waals surface area contributed by atoms with Crippen LogP contribution in [-0.4, -0.2) is 38.7 Å². The molecular weight excluding hydrogens is 437 g/mol. The molecule has 6 nitrogen and oxygen atoms in total. The molecule has 0 amide bonds. The van der Waals surface area contributed by atoms with Crippen molar-refractivity contribution in [2.24, 2.45) is 0 Å². The number of hydrogen-bond acceptors (Lipinski definition) is 5. The summed E-state index contributed by atoms with van der Waals surface area (Å²) in [5.74, 6) is -0.657. The smallest absolute Gasteiger partial charge is 0.243 e. The molecule has 3 rings (SSSR count). The lowest BCUT2D eigenvalue weighted by Crippen LogP contribution is -2.40. The lowest BCUT2D eigenvalue weighted by atomic mass is 10.2. The van der Waals surface area contributed by atoms with Crippen LogP contribution in [0.1, 0.15) is 12.2 Å². The van der Waals surface area contributed by atoms with E-state index in [1.54, 1.807) is 12.1 Å². The van der Waals surface area contributed by atoms with E-state index >= 15 is 0 Å². The van der Waals surface area contributed by atoms with Crippen molar-refractivity contribution < 1.29 is 25.6 Å². The van der Waals surface area contributed by atoms with Crippen LogP contribution in [0.15, 0.2) is 50.4 Å². The van der Waals surface area contributed by atoms with E-state index in [9.17, 15) is 21.2 Å². The third-order valence-electron chi connectivity index (χ3n) is 3.96. The lowest BCUT2D eigenvalue weighted by molar-refractivity contribution is 0.304. The van der Waals surface area contributed by atoms with Crippen LogP contribution in [0.3, 0.4) is 0 Å². The molecule has 1 unspecified atom stereocenters. The molecule has 25 heavy (non-hydrogen) atoms. The highest BCUT2D eigenvalue weighted by Gasteiger charge is 2.39. The Morgan fingerprint density at radius 2 is 2.04 bits per heavy atom. The molecule has 1 fully saturated rings. The fourth-order valence-corrected chi connectivity index (χ4v) is 6.58. The maximum Gasteiger partial charge on any atom is 0.243 e. The first kappa shape index (κ1) is 18.6. The van der Waals surface area contributed by atoms with Crippen molar-refractivity contribution >= 4 is 35.8 Å². The highest BCUT2D eigenvalue weighted by Crippen LogP contribution is 2.28. The Morgan fingerprint density at radius 3 is 2.60 bits per heavy atom. The summed E-state index contributed by atoms with van der Waals surface area (Å²) in [7, 11) is -7.39. The maximum atomic E-state index is 13.5. The van der Waals surface area contributed by atoms with Gasteiger partial charge in [-0.1, -0.05) is 6.07 Å². The van der Waals surface area contributed by atoms with Gasteiger partial charge in [-0.05, 0) is 52.7 Å². The number of hydrogen-bond donors (Lipinski definition) is 0. The van der Waals surface area contributed by atoms with Crippen molar-refractivity contribution in [2.75, 3.05) is 11.5 Å². The van der Waals surface area contributed by atoms with Crippen molar-refractivity contribution in [3.05, 3.63) is 52.6 Å². The first-order chi connectivity index (χ1) is 11.7. The van der Waals surface area contributed by atoms with Crippen molar-refractivity contribution in [3.8, 4) is 0 Å². The fourth-order valence-electron chi connectivity index (χ4n) is 2.77. The van der Waals surface area contributed by atoms with Gasteiger partial charge in [0.1, 0.15) is 11.6 Å². The normalized spacial score (nSPS) is 20.2. The molecule has 2 heterocycles. The molecule has 136 valence electrons. The third kappa shape index (κ3) is 4.13. The molecule has 10 heteroatoms. The lowest BCUT2D eigenvalue weighted by Gasteiger charge is -2.26. The number of halogens is 2. The SMILES string of the molecule is O=S1(=O)CCC(N(Cc2ccc(Br)o2)S(=O)(=O)c2cccc(F)c2)C1. The molecule has 1 aromatic heterocycles. The molecule has 1 aliphatic heterocycles. The Morgan fingerprint density at radius 1 is 1.28 bits per heavy atom. The van der Waals surface area contributed by atoms with Crippen molar-refractivity contribution in [3.63, 3.8) is 0 Å². The third-order valence-corrected chi connectivity index (χ3v) is 8.03. The topological polar surface area (TPSA) is 84.7 Å². The number of sulfonamides is 1. The van der Waals surface area contributed by atoms with E-state index in [-0.39, 0.29) is 29.4 Å². The molecule has 2 aromatic rings. The maximum absolute atomic E-state index is 13.5. The van der Waals surface area contributed by atoms with Crippen LogP contribution in [0.2, 0.25) is 0 Å². The van der Waals surface area contributed by atoms with E-state index in [1.165, 1.54) is 12.1 Å². The van der Waals surface area contributed by atoms with Crippen LogP contribution < -0.4 is 0 Å². The highest BCUT2D eigenvalue weighted by molar-refractivity contribution is 9.10. The van der Waals surface area contributed by atoms with Gasteiger partial charge in [0.25, 0.3) is 0 Å². The Labute approximate surface area is 153 Å². The van der Waals surface area contributed by atoms with E-state index in [0.29, 0.717) is 10.4 Å². The summed E-state index contributed by atoms with van der Waals surface area (Å²) in [5, 5.41) is 0. The summed E-state index contributed by atoms with van der Waals surface area (Å²) in [5.41, 5.74) is 0. The summed E-state index contributed by atoms with van der Waals surface area (Å²) >= 11 is 3.15. The van der Waals surface area contributed by atoms with Gasteiger partial charge in [-0.2, -0.15) is 4.31 Å². The van der Waals surface area contributed by atoms with E-state index in [2.05, 4.69) is 15.9 Å². The van der Waals surface area contributed by atoms with Gasteiger partial charge in [-0.15, -0.1) is 0 Å². The minimum absolute atomic E-state index is 0.0747. The summed E-state index contributed by atoms with van der Waals surface area (Å²) in [6.45, 7) is -0.134. The Kier molecular flexibility index (Phi) is 5.06. The van der Waals surface area contributed by atoms with Crippen LogP contribution in [0.5, 0.6) is 0 Å². The van der Waals surface area contributed by atoms with Crippen molar-refractivity contribution in [1.82, 2.24) is 4.31 Å². The number of sulfone groups is 1. The van der Waals surface area contributed by atoms with Gasteiger partial charge in [-0.3, -0.25) is 0 Å². The molecule has 1 aromatic carbocycles. The predicted molar refractivity (Wildman–Crippen MR) is 92.6 cm³/mol. The first-order valence-electron chi connectivity index (χ1n) is 7.39. The van der Waals surface area contributed by atoms with Crippen LogP contribution in [0.25, 0.3) is 0 Å². The molecule has 0 spiro atoms. The van der Waals surface area contributed by atoms with Gasteiger partial charge < -0.3 is 4.42 Å². The number of furan rings is 1. The first-order valence-corrected chi connectivity index (χ1v) is 11.4. The van der Waals surface area contributed by atoms with E-state index in [0.717, 1.165) is 16.4 Å². The van der Waals surface area contributed by atoms with Crippen LogP contribution >= 0.6 is 15.9 Å². The second-order valence-electron chi connectivity index (χ2n) is 5.77. The Balaban J connectivity index is 2.00. The molecule has 0 saturated carbocycles. The van der Waals surface area contributed by atoms with Crippen LogP contribution in [0, 0.1) is 5.82 Å². The van der Waals surface area contributed by atoms with Gasteiger partial charge in [0, 0.05) is 6.04 Å². The molecule has 0 bridgehead atoms. The van der Waals surface area contributed by atoms with Gasteiger partial charge in [0.05, 0.1) is 22.9 Å². The monoisotopic (exact) mass is 451 g/mol. The number of rotatable bonds is 5. The highest BCUT2D eigenvalue weighted by atomic mass is 79.9. The second kappa shape index (κ2) is 6.82. The van der Waals surface area contributed by atoms with Gasteiger partial charge in [0.2, 0.25) is 10.0 Å². The van der Waals surface area contributed by atoms with Gasteiger partial charge >= 0.3 is 0 Å². The van der Waals surface area contributed by atoms with Gasteiger partial charge in [-0.25, -0.2) is 21.2 Å².